The molecule has 2 unspecified atom stereocenters. The Bertz CT molecular complexity index is 1310. The molecule has 1 fully saturated rings. The molecule has 8 heteroatoms. The Morgan fingerprint density at radius 1 is 1.12 bits per heavy atom. The first-order valence-electron chi connectivity index (χ1n) is 10.1. The Kier molecular flexibility index (Phi) is 5.07. The molecule has 5 rings (SSSR count). The summed E-state index contributed by atoms with van der Waals surface area (Å²) in [6.07, 6.45) is 1.37. The third-order valence-corrected chi connectivity index (χ3v) is 6.38. The Labute approximate surface area is 187 Å². The van der Waals surface area contributed by atoms with Gasteiger partial charge in [0.25, 0.3) is 5.91 Å². The molecule has 7 nitrogen and oxygen atoms in total. The van der Waals surface area contributed by atoms with Crippen LogP contribution in [0.5, 0.6) is 5.75 Å². The zero-order chi connectivity index (χ0) is 22.2. The Balaban J connectivity index is 1.63. The number of furan rings is 1. The van der Waals surface area contributed by atoms with Gasteiger partial charge < -0.3 is 9.15 Å². The molecular weight excluding hydrogens is 428 g/mol. The van der Waals surface area contributed by atoms with Crippen molar-refractivity contribution >= 4 is 44.2 Å². The van der Waals surface area contributed by atoms with E-state index in [1.165, 1.54) is 28.6 Å². The molecule has 0 spiro atoms. The molecule has 0 aliphatic carbocycles. The monoisotopic (exact) mass is 446 g/mol. The van der Waals surface area contributed by atoms with Gasteiger partial charge in [0, 0.05) is 0 Å². The summed E-state index contributed by atoms with van der Waals surface area (Å²) in [5.74, 6) is -2.53. The van der Waals surface area contributed by atoms with Crippen LogP contribution in [0.15, 0.2) is 71.3 Å². The molecule has 2 aromatic heterocycles. The normalized spacial score (nSPS) is 18.5. The highest BCUT2D eigenvalue weighted by Gasteiger charge is 2.53. The van der Waals surface area contributed by atoms with Crippen molar-refractivity contribution in [3.05, 3.63) is 78.3 Å². The number of carbonyl (C=O) groups is 3. The summed E-state index contributed by atoms with van der Waals surface area (Å²) in [7, 11) is 0. The zero-order valence-corrected chi connectivity index (χ0v) is 17.9. The number of thiazole rings is 1. The summed E-state index contributed by atoms with van der Waals surface area (Å²) in [6.45, 7) is 2.43. The number of ether oxygens (including phenoxy) is 1. The van der Waals surface area contributed by atoms with Gasteiger partial charge in [0.05, 0.1) is 29.1 Å². The first kappa shape index (κ1) is 20.1. The van der Waals surface area contributed by atoms with Gasteiger partial charge >= 0.3 is 0 Å². The fourth-order valence-corrected chi connectivity index (χ4v) is 4.98. The first-order chi connectivity index (χ1) is 15.6. The summed E-state index contributed by atoms with van der Waals surface area (Å²) in [5, 5.41) is 0.357. The second-order valence-corrected chi connectivity index (χ2v) is 8.28. The summed E-state index contributed by atoms with van der Waals surface area (Å²) in [5.41, 5.74) is 1.35. The van der Waals surface area contributed by atoms with Gasteiger partial charge in [-0.2, -0.15) is 0 Å². The lowest BCUT2D eigenvalue weighted by Gasteiger charge is -2.24. The molecule has 1 aliphatic heterocycles. The molecule has 32 heavy (non-hydrogen) atoms. The number of benzene rings is 2. The Morgan fingerprint density at radius 3 is 2.66 bits per heavy atom. The lowest BCUT2D eigenvalue weighted by molar-refractivity contribution is -0.135. The summed E-state index contributed by atoms with van der Waals surface area (Å²) in [6, 6.07) is 16.8. The molecule has 3 heterocycles. The van der Waals surface area contributed by atoms with Gasteiger partial charge in [0.15, 0.2) is 10.9 Å². The van der Waals surface area contributed by atoms with E-state index in [4.69, 9.17) is 9.15 Å². The van der Waals surface area contributed by atoms with E-state index in [0.29, 0.717) is 28.6 Å². The average Bonchev–Trinajstić information content (AvgIpc) is 3.53. The lowest BCUT2D eigenvalue weighted by atomic mass is 9.88. The van der Waals surface area contributed by atoms with Gasteiger partial charge in [-0.1, -0.05) is 41.7 Å². The SMILES string of the molecule is CCOc1ccc2nc(N3C(=O)C(=O)C(C(=O)c4ccco4)C3c3ccccc3)sc2c1. The molecule has 1 amide bonds. The maximum atomic E-state index is 13.2. The number of fused-ring (bicyclic) bond motifs is 1. The predicted molar refractivity (Wildman–Crippen MR) is 119 cm³/mol. The standard InChI is InChI=1S/C24H18N2O5S/c1-2-30-15-10-11-16-18(13-15)32-24(25-16)26-20(14-7-4-3-5-8-14)19(22(28)23(26)29)21(27)17-9-6-12-31-17/h3-13,19-20H,2H2,1H3. The second-order valence-electron chi connectivity index (χ2n) is 7.27. The lowest BCUT2D eigenvalue weighted by Crippen LogP contribution is -2.30. The van der Waals surface area contributed by atoms with E-state index in [9.17, 15) is 14.4 Å². The van der Waals surface area contributed by atoms with Crippen molar-refractivity contribution in [1.29, 1.82) is 0 Å². The van der Waals surface area contributed by atoms with Crippen molar-refractivity contribution in [3.8, 4) is 5.75 Å². The number of amides is 1. The quantitative estimate of drug-likeness (QED) is 0.247. The summed E-state index contributed by atoms with van der Waals surface area (Å²) >= 11 is 1.28. The van der Waals surface area contributed by atoms with Gasteiger partial charge in [-0.15, -0.1) is 0 Å². The largest absolute Gasteiger partial charge is 0.494 e. The van der Waals surface area contributed by atoms with Crippen molar-refractivity contribution in [2.24, 2.45) is 5.92 Å². The number of rotatable bonds is 6. The number of aromatic nitrogens is 1. The number of hydrogen-bond donors (Lipinski definition) is 0. The van der Waals surface area contributed by atoms with Crippen LogP contribution in [0.4, 0.5) is 5.13 Å². The molecule has 0 radical (unpaired) electrons. The van der Waals surface area contributed by atoms with E-state index in [1.54, 1.807) is 18.2 Å². The van der Waals surface area contributed by atoms with E-state index in [1.807, 2.05) is 43.3 Å². The van der Waals surface area contributed by atoms with Crippen LogP contribution >= 0.6 is 11.3 Å². The highest BCUT2D eigenvalue weighted by molar-refractivity contribution is 7.22. The topological polar surface area (TPSA) is 89.7 Å². The number of anilines is 1. The predicted octanol–water partition coefficient (Wildman–Crippen LogP) is 4.44. The molecule has 2 aromatic carbocycles. The van der Waals surface area contributed by atoms with Crippen molar-refractivity contribution in [3.63, 3.8) is 0 Å². The van der Waals surface area contributed by atoms with E-state index >= 15 is 0 Å². The van der Waals surface area contributed by atoms with Crippen LogP contribution in [0.2, 0.25) is 0 Å². The first-order valence-corrected chi connectivity index (χ1v) is 10.9. The number of ketones is 2. The summed E-state index contributed by atoms with van der Waals surface area (Å²) < 4.78 is 11.6. The van der Waals surface area contributed by atoms with Crippen LogP contribution < -0.4 is 9.64 Å². The highest BCUT2D eigenvalue weighted by atomic mass is 32.1. The molecular formula is C24H18N2O5S. The number of Topliss-reactive ketones (excluding diaryl/α,β-unsaturated/α-hetero) is 2. The highest BCUT2D eigenvalue weighted by Crippen LogP contribution is 2.43. The number of nitrogens with zero attached hydrogens (tertiary/aromatic N) is 2. The zero-order valence-electron chi connectivity index (χ0n) is 17.1. The van der Waals surface area contributed by atoms with Crippen LogP contribution in [0.3, 0.4) is 0 Å². The number of hydrogen-bond acceptors (Lipinski definition) is 7. The molecule has 0 saturated carbocycles. The molecule has 4 aromatic rings. The van der Waals surface area contributed by atoms with Gasteiger partial charge in [-0.3, -0.25) is 19.3 Å². The third-order valence-electron chi connectivity index (χ3n) is 5.36. The van der Waals surface area contributed by atoms with E-state index < -0.39 is 29.4 Å². The maximum Gasteiger partial charge on any atom is 0.297 e. The fourth-order valence-electron chi connectivity index (χ4n) is 3.95. The van der Waals surface area contributed by atoms with Gasteiger partial charge in [0.1, 0.15) is 11.7 Å². The maximum absolute atomic E-state index is 13.2. The van der Waals surface area contributed by atoms with Crippen LogP contribution in [-0.4, -0.2) is 29.1 Å². The smallest absolute Gasteiger partial charge is 0.297 e. The molecule has 1 saturated heterocycles. The third kappa shape index (κ3) is 3.29. The Morgan fingerprint density at radius 2 is 1.94 bits per heavy atom. The van der Waals surface area contributed by atoms with Crippen molar-refractivity contribution in [2.45, 2.75) is 13.0 Å². The van der Waals surface area contributed by atoms with E-state index in [0.717, 1.165) is 4.70 Å². The minimum atomic E-state index is -1.22. The molecule has 1 aliphatic rings. The molecule has 160 valence electrons. The second kappa shape index (κ2) is 8.05. The van der Waals surface area contributed by atoms with Crippen LogP contribution in [0.25, 0.3) is 10.2 Å². The minimum Gasteiger partial charge on any atom is -0.494 e. The van der Waals surface area contributed by atoms with Crippen molar-refractivity contribution in [1.82, 2.24) is 4.98 Å². The van der Waals surface area contributed by atoms with Crippen LogP contribution in [-0.2, 0) is 9.59 Å². The Hall–Kier alpha value is -3.78. The number of carbonyl (C=O) groups excluding carboxylic acids is 3. The van der Waals surface area contributed by atoms with Gasteiger partial charge in [-0.25, -0.2) is 4.98 Å². The molecule has 0 bridgehead atoms. The summed E-state index contributed by atoms with van der Waals surface area (Å²) in [4.78, 5) is 45.3. The molecule has 0 N–H and O–H groups in total. The average molecular weight is 446 g/mol. The fraction of sp³-hybridized carbons (Fsp3) is 0.167. The van der Waals surface area contributed by atoms with Crippen molar-refractivity contribution < 1.29 is 23.5 Å². The van der Waals surface area contributed by atoms with Crippen LogP contribution in [0, 0.1) is 5.92 Å². The van der Waals surface area contributed by atoms with Crippen molar-refractivity contribution in [2.75, 3.05) is 11.5 Å². The van der Waals surface area contributed by atoms with Gasteiger partial charge in [0.2, 0.25) is 11.6 Å². The minimum absolute atomic E-state index is 0.0459. The van der Waals surface area contributed by atoms with E-state index in [-0.39, 0.29) is 5.76 Å². The van der Waals surface area contributed by atoms with E-state index in [2.05, 4.69) is 4.98 Å². The van der Waals surface area contributed by atoms with Gasteiger partial charge in [-0.05, 0) is 42.8 Å². The van der Waals surface area contributed by atoms with Crippen LogP contribution in [0.1, 0.15) is 29.1 Å². The molecule has 2 atom stereocenters.